The van der Waals surface area contributed by atoms with Crippen molar-refractivity contribution >= 4 is 5.78 Å². The fourth-order valence-corrected chi connectivity index (χ4v) is 0.453. The van der Waals surface area contributed by atoms with Crippen molar-refractivity contribution in [2.45, 2.75) is 13.8 Å². The Hall–Kier alpha value is -0.630. The van der Waals surface area contributed by atoms with Crippen molar-refractivity contribution in [1.29, 1.82) is 0 Å². The molecule has 0 aromatic carbocycles. The molecule has 0 aromatic heterocycles. The lowest BCUT2D eigenvalue weighted by atomic mass is 10.4. The van der Waals surface area contributed by atoms with E-state index in [-0.39, 0.29) is 5.78 Å². The average molecular weight is 127 g/mol. The Balaban J connectivity index is 3.15. The predicted molar refractivity (Wildman–Crippen MR) is 38.4 cm³/mol. The van der Waals surface area contributed by atoms with E-state index in [9.17, 15) is 4.79 Å². The van der Waals surface area contributed by atoms with Gasteiger partial charge in [-0.1, -0.05) is 13.0 Å². The first-order chi connectivity index (χ1) is 4.27. The van der Waals surface area contributed by atoms with E-state index in [1.165, 1.54) is 0 Å². The first kappa shape index (κ1) is 8.37. The van der Waals surface area contributed by atoms with Gasteiger partial charge in [0.25, 0.3) is 0 Å². The summed E-state index contributed by atoms with van der Waals surface area (Å²) in [6.07, 6.45) is 3.40. The van der Waals surface area contributed by atoms with E-state index >= 15 is 0 Å². The number of carbonyl (C=O) groups is 1. The molecule has 0 rings (SSSR count). The molecule has 0 unspecified atom stereocenters. The lowest BCUT2D eigenvalue weighted by molar-refractivity contribution is -0.112. The summed E-state index contributed by atoms with van der Waals surface area (Å²) in [5.74, 6) is 0.105. The zero-order chi connectivity index (χ0) is 7.11. The second kappa shape index (κ2) is 5.51. The molecule has 0 amide bonds. The molecule has 52 valence electrons. The van der Waals surface area contributed by atoms with E-state index in [4.69, 9.17) is 0 Å². The van der Waals surface area contributed by atoms with Gasteiger partial charge in [-0.25, -0.2) is 0 Å². The molecule has 0 fully saturated rings. The van der Waals surface area contributed by atoms with E-state index in [1.807, 2.05) is 13.0 Å². The number of allylic oxidation sites excluding steroid dienone is 1. The van der Waals surface area contributed by atoms with Gasteiger partial charge in [-0.2, -0.15) is 0 Å². The lowest BCUT2D eigenvalue weighted by Gasteiger charge is -1.90. The molecular weight excluding hydrogens is 114 g/mol. The van der Waals surface area contributed by atoms with Gasteiger partial charge in [0.1, 0.15) is 0 Å². The van der Waals surface area contributed by atoms with Crippen molar-refractivity contribution in [2.24, 2.45) is 0 Å². The van der Waals surface area contributed by atoms with Crippen LogP contribution >= 0.6 is 0 Å². The summed E-state index contributed by atoms with van der Waals surface area (Å²) in [5, 5.41) is 3.06. The summed E-state index contributed by atoms with van der Waals surface area (Å²) >= 11 is 0. The summed E-state index contributed by atoms with van der Waals surface area (Å²) in [4.78, 5) is 10.3. The molecule has 9 heavy (non-hydrogen) atoms. The molecule has 0 saturated carbocycles. The van der Waals surface area contributed by atoms with Crippen molar-refractivity contribution in [2.75, 3.05) is 13.1 Å². The molecule has 0 aliphatic rings. The second-order valence-corrected chi connectivity index (χ2v) is 1.82. The first-order valence-electron chi connectivity index (χ1n) is 3.15. The lowest BCUT2D eigenvalue weighted by Crippen LogP contribution is -2.11. The molecule has 0 aromatic rings. The van der Waals surface area contributed by atoms with Crippen LogP contribution in [0.4, 0.5) is 0 Å². The van der Waals surface area contributed by atoms with Crippen LogP contribution < -0.4 is 5.32 Å². The Morgan fingerprint density at radius 1 is 1.67 bits per heavy atom. The minimum atomic E-state index is 0.105. The molecule has 2 heteroatoms. The highest BCUT2D eigenvalue weighted by Crippen LogP contribution is 1.72. The van der Waals surface area contributed by atoms with E-state index in [1.54, 1.807) is 13.0 Å². The number of nitrogens with one attached hydrogen (secondary N) is 1. The van der Waals surface area contributed by atoms with Crippen molar-refractivity contribution < 1.29 is 4.79 Å². The van der Waals surface area contributed by atoms with Crippen molar-refractivity contribution in [1.82, 2.24) is 5.32 Å². The third kappa shape index (κ3) is 7.37. The van der Waals surface area contributed by atoms with Crippen LogP contribution in [0, 0.1) is 0 Å². The third-order valence-corrected chi connectivity index (χ3v) is 0.865. The molecule has 0 aliphatic carbocycles. The maximum absolute atomic E-state index is 10.3. The molecule has 0 saturated heterocycles. The summed E-state index contributed by atoms with van der Waals surface area (Å²) in [5.41, 5.74) is 0. The zero-order valence-corrected chi connectivity index (χ0v) is 5.98. The molecule has 0 spiro atoms. The van der Waals surface area contributed by atoms with Gasteiger partial charge in [-0.3, -0.25) is 4.79 Å². The number of likely N-dealkylation sites (N-methyl/N-ethyl adjacent to an activating group) is 1. The van der Waals surface area contributed by atoms with Crippen molar-refractivity contribution in [3.05, 3.63) is 12.2 Å². The summed E-state index contributed by atoms with van der Waals surface area (Å²) < 4.78 is 0. The van der Waals surface area contributed by atoms with E-state index < -0.39 is 0 Å². The zero-order valence-electron chi connectivity index (χ0n) is 5.98. The monoisotopic (exact) mass is 127 g/mol. The van der Waals surface area contributed by atoms with Gasteiger partial charge in [-0.15, -0.1) is 0 Å². The van der Waals surface area contributed by atoms with Gasteiger partial charge in [-0.05, 0) is 19.5 Å². The van der Waals surface area contributed by atoms with E-state index in [0.717, 1.165) is 13.1 Å². The normalized spacial score (nSPS) is 10.4. The maximum atomic E-state index is 10.3. The fraction of sp³-hybridized carbons (Fsp3) is 0.571. The Kier molecular flexibility index (Phi) is 5.12. The molecule has 0 aliphatic heterocycles. The predicted octanol–water partition coefficient (Wildman–Crippen LogP) is 0.741. The van der Waals surface area contributed by atoms with Crippen LogP contribution in [0.5, 0.6) is 0 Å². The average Bonchev–Trinajstić information content (AvgIpc) is 1.80. The van der Waals surface area contributed by atoms with Gasteiger partial charge in [0.05, 0.1) is 0 Å². The first-order valence-corrected chi connectivity index (χ1v) is 3.15. The van der Waals surface area contributed by atoms with Crippen LogP contribution in [0.1, 0.15) is 13.8 Å². The van der Waals surface area contributed by atoms with Crippen LogP contribution in [0.2, 0.25) is 0 Å². The SMILES string of the molecule is CCNC/C=C/C(C)=O. The Morgan fingerprint density at radius 3 is 2.78 bits per heavy atom. The maximum Gasteiger partial charge on any atom is 0.152 e. The number of carbonyl (C=O) groups excluding carboxylic acids is 1. The van der Waals surface area contributed by atoms with Gasteiger partial charge in [0.15, 0.2) is 5.78 Å². The standard InChI is InChI=1S/C7H13NO/c1-3-8-6-4-5-7(2)9/h4-5,8H,3,6H2,1-2H3/b5-4+. The van der Waals surface area contributed by atoms with Gasteiger partial charge in [0.2, 0.25) is 0 Å². The highest BCUT2D eigenvalue weighted by atomic mass is 16.1. The second-order valence-electron chi connectivity index (χ2n) is 1.82. The van der Waals surface area contributed by atoms with Crippen LogP contribution in [-0.4, -0.2) is 18.9 Å². The fourth-order valence-electron chi connectivity index (χ4n) is 0.453. The molecule has 0 bridgehead atoms. The number of ketones is 1. The Bertz CT molecular complexity index is 107. The minimum Gasteiger partial charge on any atom is -0.314 e. The van der Waals surface area contributed by atoms with Crippen LogP contribution in [0.3, 0.4) is 0 Å². The highest BCUT2D eigenvalue weighted by molar-refractivity contribution is 5.87. The van der Waals surface area contributed by atoms with Gasteiger partial charge >= 0.3 is 0 Å². The van der Waals surface area contributed by atoms with E-state index in [0.29, 0.717) is 0 Å². The van der Waals surface area contributed by atoms with Gasteiger partial charge in [0, 0.05) is 6.54 Å². The summed E-state index contributed by atoms with van der Waals surface area (Å²) in [6.45, 7) is 5.31. The van der Waals surface area contributed by atoms with Crippen LogP contribution in [0.15, 0.2) is 12.2 Å². The Morgan fingerprint density at radius 2 is 2.33 bits per heavy atom. The Labute approximate surface area is 56.0 Å². The third-order valence-electron chi connectivity index (χ3n) is 0.865. The molecule has 0 radical (unpaired) electrons. The quantitative estimate of drug-likeness (QED) is 0.446. The molecule has 1 N–H and O–H groups in total. The number of rotatable bonds is 4. The minimum absolute atomic E-state index is 0.105. The molecule has 2 nitrogen and oxygen atoms in total. The number of hydrogen-bond acceptors (Lipinski definition) is 2. The van der Waals surface area contributed by atoms with E-state index in [2.05, 4.69) is 5.32 Å². The summed E-state index contributed by atoms with van der Waals surface area (Å²) in [6, 6.07) is 0. The summed E-state index contributed by atoms with van der Waals surface area (Å²) in [7, 11) is 0. The number of hydrogen-bond donors (Lipinski definition) is 1. The molecule has 0 heterocycles. The largest absolute Gasteiger partial charge is 0.314 e. The highest BCUT2D eigenvalue weighted by Gasteiger charge is 1.79. The van der Waals surface area contributed by atoms with Crippen molar-refractivity contribution in [3.8, 4) is 0 Å². The topological polar surface area (TPSA) is 29.1 Å². The smallest absolute Gasteiger partial charge is 0.152 e. The molecule has 0 atom stereocenters. The van der Waals surface area contributed by atoms with Crippen LogP contribution in [-0.2, 0) is 4.79 Å². The molecular formula is C7H13NO. The van der Waals surface area contributed by atoms with Crippen LogP contribution in [0.25, 0.3) is 0 Å². The van der Waals surface area contributed by atoms with Crippen molar-refractivity contribution in [3.63, 3.8) is 0 Å². The van der Waals surface area contributed by atoms with Gasteiger partial charge < -0.3 is 5.32 Å².